The van der Waals surface area contributed by atoms with E-state index in [0.29, 0.717) is 6.04 Å². The topological polar surface area (TPSA) is 12.0 Å². The SMILES string of the molecule is CCNC(CCSC)Cc1ccccc1F. The fraction of sp³-hybridized carbons (Fsp3) is 0.538. The normalized spacial score (nSPS) is 12.7. The van der Waals surface area contributed by atoms with E-state index in [4.69, 9.17) is 0 Å². The molecule has 0 fully saturated rings. The van der Waals surface area contributed by atoms with Crippen LogP contribution in [0.4, 0.5) is 4.39 Å². The monoisotopic (exact) mass is 241 g/mol. The van der Waals surface area contributed by atoms with E-state index in [1.54, 1.807) is 6.07 Å². The lowest BCUT2D eigenvalue weighted by atomic mass is 10.0. The van der Waals surface area contributed by atoms with Gasteiger partial charge >= 0.3 is 0 Å². The molecule has 0 heterocycles. The highest BCUT2D eigenvalue weighted by atomic mass is 32.2. The van der Waals surface area contributed by atoms with Crippen molar-refractivity contribution in [3.8, 4) is 0 Å². The Morgan fingerprint density at radius 1 is 1.38 bits per heavy atom. The lowest BCUT2D eigenvalue weighted by molar-refractivity contribution is 0.499. The number of likely N-dealkylation sites (N-methyl/N-ethyl adjacent to an activating group) is 1. The zero-order chi connectivity index (χ0) is 11.8. The van der Waals surface area contributed by atoms with Crippen LogP contribution in [0.25, 0.3) is 0 Å². The number of halogens is 1. The molecule has 0 spiro atoms. The predicted octanol–water partition coefficient (Wildman–Crippen LogP) is 3.10. The molecule has 0 aliphatic rings. The van der Waals surface area contributed by atoms with Gasteiger partial charge in [0.1, 0.15) is 5.82 Å². The maximum absolute atomic E-state index is 13.5. The Balaban J connectivity index is 2.56. The van der Waals surface area contributed by atoms with Crippen LogP contribution in [-0.2, 0) is 6.42 Å². The summed E-state index contributed by atoms with van der Waals surface area (Å²) in [5.41, 5.74) is 0.814. The van der Waals surface area contributed by atoms with Gasteiger partial charge in [-0.3, -0.25) is 0 Å². The molecule has 0 aromatic heterocycles. The maximum atomic E-state index is 13.5. The molecule has 0 saturated heterocycles. The smallest absolute Gasteiger partial charge is 0.126 e. The number of nitrogens with one attached hydrogen (secondary N) is 1. The highest BCUT2D eigenvalue weighted by molar-refractivity contribution is 7.98. The van der Waals surface area contributed by atoms with Crippen LogP contribution in [0.5, 0.6) is 0 Å². The Kier molecular flexibility index (Phi) is 6.50. The number of benzene rings is 1. The minimum atomic E-state index is -0.0884. The highest BCUT2D eigenvalue weighted by Gasteiger charge is 2.10. The van der Waals surface area contributed by atoms with E-state index in [0.717, 1.165) is 30.7 Å². The summed E-state index contributed by atoms with van der Waals surface area (Å²) in [4.78, 5) is 0. The molecule has 1 aromatic carbocycles. The third kappa shape index (κ3) is 4.54. The second-order valence-electron chi connectivity index (χ2n) is 3.83. The van der Waals surface area contributed by atoms with Gasteiger partial charge in [-0.15, -0.1) is 0 Å². The van der Waals surface area contributed by atoms with Crippen molar-refractivity contribution in [2.24, 2.45) is 0 Å². The van der Waals surface area contributed by atoms with E-state index in [-0.39, 0.29) is 5.82 Å². The van der Waals surface area contributed by atoms with Crippen molar-refractivity contribution in [1.29, 1.82) is 0 Å². The van der Waals surface area contributed by atoms with Crippen molar-refractivity contribution in [2.45, 2.75) is 25.8 Å². The van der Waals surface area contributed by atoms with Crippen molar-refractivity contribution >= 4 is 11.8 Å². The molecule has 0 amide bonds. The molecule has 1 unspecified atom stereocenters. The molecule has 3 heteroatoms. The first-order chi connectivity index (χ1) is 7.77. The zero-order valence-corrected chi connectivity index (χ0v) is 10.8. The fourth-order valence-corrected chi connectivity index (χ4v) is 2.27. The van der Waals surface area contributed by atoms with Crippen LogP contribution in [0, 0.1) is 5.82 Å². The first kappa shape index (κ1) is 13.5. The van der Waals surface area contributed by atoms with Crippen LogP contribution in [-0.4, -0.2) is 24.6 Å². The quantitative estimate of drug-likeness (QED) is 0.787. The van der Waals surface area contributed by atoms with Gasteiger partial charge in [-0.05, 0) is 43.0 Å². The second kappa shape index (κ2) is 7.69. The third-order valence-corrected chi connectivity index (χ3v) is 3.23. The van der Waals surface area contributed by atoms with Crippen molar-refractivity contribution in [3.63, 3.8) is 0 Å². The molecule has 90 valence electrons. The largest absolute Gasteiger partial charge is 0.314 e. The van der Waals surface area contributed by atoms with Crippen LogP contribution in [0.1, 0.15) is 18.9 Å². The van der Waals surface area contributed by atoms with Gasteiger partial charge in [-0.2, -0.15) is 11.8 Å². The molecule has 16 heavy (non-hydrogen) atoms. The molecule has 0 saturated carbocycles. The summed E-state index contributed by atoms with van der Waals surface area (Å²) in [6, 6.07) is 7.43. The first-order valence-electron chi connectivity index (χ1n) is 5.73. The highest BCUT2D eigenvalue weighted by Crippen LogP contribution is 2.12. The summed E-state index contributed by atoms with van der Waals surface area (Å²) < 4.78 is 13.5. The fourth-order valence-electron chi connectivity index (χ4n) is 1.75. The maximum Gasteiger partial charge on any atom is 0.126 e. The van der Waals surface area contributed by atoms with E-state index in [1.807, 2.05) is 23.9 Å². The summed E-state index contributed by atoms with van der Waals surface area (Å²) in [6.45, 7) is 3.03. The Hall–Kier alpha value is -0.540. The van der Waals surface area contributed by atoms with E-state index in [2.05, 4.69) is 18.5 Å². The standard InChI is InChI=1S/C13H20FNS/c1-3-15-12(8-9-16-2)10-11-6-4-5-7-13(11)14/h4-7,12,15H,3,8-10H2,1-2H3. The van der Waals surface area contributed by atoms with Gasteiger partial charge < -0.3 is 5.32 Å². The zero-order valence-electron chi connectivity index (χ0n) is 10.0. The lowest BCUT2D eigenvalue weighted by Crippen LogP contribution is -2.31. The number of hydrogen-bond donors (Lipinski definition) is 1. The second-order valence-corrected chi connectivity index (χ2v) is 4.82. The van der Waals surface area contributed by atoms with Crippen LogP contribution >= 0.6 is 11.8 Å². The molecular formula is C13H20FNS. The Labute approximate surface area is 102 Å². The minimum Gasteiger partial charge on any atom is -0.314 e. The van der Waals surface area contributed by atoms with E-state index in [9.17, 15) is 4.39 Å². The van der Waals surface area contributed by atoms with Crippen molar-refractivity contribution in [1.82, 2.24) is 5.32 Å². The van der Waals surface area contributed by atoms with Crippen LogP contribution in [0.15, 0.2) is 24.3 Å². The van der Waals surface area contributed by atoms with Crippen molar-refractivity contribution in [3.05, 3.63) is 35.6 Å². The van der Waals surface area contributed by atoms with E-state index < -0.39 is 0 Å². The van der Waals surface area contributed by atoms with Crippen molar-refractivity contribution < 1.29 is 4.39 Å². The van der Waals surface area contributed by atoms with Crippen LogP contribution < -0.4 is 5.32 Å². The summed E-state index contributed by atoms with van der Waals surface area (Å²) in [5, 5.41) is 3.41. The lowest BCUT2D eigenvalue weighted by Gasteiger charge is -2.17. The minimum absolute atomic E-state index is 0.0884. The number of rotatable bonds is 7. The van der Waals surface area contributed by atoms with Gasteiger partial charge in [0.05, 0.1) is 0 Å². The molecular weight excluding hydrogens is 221 g/mol. The molecule has 0 radical (unpaired) electrons. The average Bonchev–Trinajstić information content (AvgIpc) is 2.29. The van der Waals surface area contributed by atoms with Gasteiger partial charge in [0.25, 0.3) is 0 Å². The van der Waals surface area contributed by atoms with Gasteiger partial charge in [0.15, 0.2) is 0 Å². The summed E-state index contributed by atoms with van der Waals surface area (Å²) in [5.74, 6) is 1.03. The molecule has 0 aliphatic heterocycles. The molecule has 1 atom stereocenters. The Morgan fingerprint density at radius 3 is 2.75 bits per heavy atom. The van der Waals surface area contributed by atoms with E-state index in [1.165, 1.54) is 6.07 Å². The molecule has 1 rings (SSSR count). The molecule has 0 bridgehead atoms. The van der Waals surface area contributed by atoms with E-state index >= 15 is 0 Å². The Morgan fingerprint density at radius 2 is 2.12 bits per heavy atom. The molecule has 1 nitrogen and oxygen atoms in total. The number of hydrogen-bond acceptors (Lipinski definition) is 2. The molecule has 0 aliphatic carbocycles. The van der Waals surface area contributed by atoms with Gasteiger partial charge in [-0.25, -0.2) is 4.39 Å². The summed E-state index contributed by atoms with van der Waals surface area (Å²) in [6.07, 6.45) is 3.97. The third-order valence-electron chi connectivity index (χ3n) is 2.59. The number of thioether (sulfide) groups is 1. The summed E-state index contributed by atoms with van der Waals surface area (Å²) >= 11 is 1.84. The van der Waals surface area contributed by atoms with Gasteiger partial charge in [-0.1, -0.05) is 25.1 Å². The Bertz CT molecular complexity index is 304. The van der Waals surface area contributed by atoms with Gasteiger partial charge in [0, 0.05) is 6.04 Å². The molecule has 1 N–H and O–H groups in total. The molecule has 1 aromatic rings. The van der Waals surface area contributed by atoms with Gasteiger partial charge in [0.2, 0.25) is 0 Å². The average molecular weight is 241 g/mol. The van der Waals surface area contributed by atoms with Crippen LogP contribution in [0.3, 0.4) is 0 Å². The van der Waals surface area contributed by atoms with Crippen LogP contribution in [0.2, 0.25) is 0 Å². The summed E-state index contributed by atoms with van der Waals surface area (Å²) in [7, 11) is 0. The van der Waals surface area contributed by atoms with Crippen molar-refractivity contribution in [2.75, 3.05) is 18.6 Å². The first-order valence-corrected chi connectivity index (χ1v) is 7.13. The predicted molar refractivity (Wildman–Crippen MR) is 70.6 cm³/mol.